The fourth-order valence-corrected chi connectivity index (χ4v) is 0.947. The highest BCUT2D eigenvalue weighted by molar-refractivity contribution is 5.60. The van der Waals surface area contributed by atoms with Gasteiger partial charge in [0.1, 0.15) is 0 Å². The molecule has 0 saturated carbocycles. The third-order valence-corrected chi connectivity index (χ3v) is 1.58. The highest BCUT2D eigenvalue weighted by Gasteiger charge is 2.03. The van der Waals surface area contributed by atoms with Gasteiger partial charge in [0.05, 0.1) is 0 Å². The Labute approximate surface area is 71.0 Å². The van der Waals surface area contributed by atoms with Crippen LogP contribution in [0, 0.1) is 6.92 Å². The summed E-state index contributed by atoms with van der Waals surface area (Å²) in [4.78, 5) is 0. The predicted octanol–water partition coefficient (Wildman–Crippen LogP) is 1.96. The van der Waals surface area contributed by atoms with Crippen molar-refractivity contribution in [2.75, 3.05) is 5.32 Å². The van der Waals surface area contributed by atoms with Crippen LogP contribution in [0.1, 0.15) is 5.56 Å². The molecule has 3 heteroatoms. The number of benzene rings is 1. The first-order valence-corrected chi connectivity index (χ1v) is 3.55. The lowest BCUT2D eigenvalue weighted by molar-refractivity contribution is 0.403. The first-order valence-electron chi connectivity index (χ1n) is 3.55. The molecule has 3 nitrogen and oxygen atoms in total. The van der Waals surface area contributed by atoms with Gasteiger partial charge in [0, 0.05) is 11.8 Å². The molecule has 0 aliphatic heterocycles. The van der Waals surface area contributed by atoms with Crippen molar-refractivity contribution in [2.24, 2.45) is 0 Å². The smallest absolute Gasteiger partial charge is 0.159 e. The molecule has 3 N–H and O–H groups in total. The lowest BCUT2D eigenvalue weighted by atomic mass is 10.2. The van der Waals surface area contributed by atoms with Crippen LogP contribution in [0.5, 0.6) is 11.5 Å². The molecule has 0 spiro atoms. The van der Waals surface area contributed by atoms with Crippen LogP contribution < -0.4 is 5.32 Å². The van der Waals surface area contributed by atoms with Gasteiger partial charge in [-0.05, 0) is 24.8 Å². The van der Waals surface area contributed by atoms with E-state index in [9.17, 15) is 0 Å². The average molecular weight is 165 g/mol. The molecule has 0 aliphatic rings. The number of anilines is 1. The minimum absolute atomic E-state index is 0.109. The molecular weight excluding hydrogens is 154 g/mol. The molecule has 1 aromatic carbocycles. The van der Waals surface area contributed by atoms with E-state index in [1.807, 2.05) is 6.92 Å². The van der Waals surface area contributed by atoms with Gasteiger partial charge in [-0.15, -0.1) is 0 Å². The van der Waals surface area contributed by atoms with Crippen LogP contribution >= 0.6 is 0 Å². The number of phenols is 2. The predicted molar refractivity (Wildman–Crippen MR) is 48.3 cm³/mol. The minimum atomic E-state index is -0.134. The van der Waals surface area contributed by atoms with Gasteiger partial charge in [0.2, 0.25) is 0 Å². The van der Waals surface area contributed by atoms with E-state index >= 15 is 0 Å². The van der Waals surface area contributed by atoms with E-state index in [4.69, 9.17) is 10.2 Å². The Kier molecular flexibility index (Phi) is 2.24. The molecular formula is C9H11NO2. The summed E-state index contributed by atoms with van der Waals surface area (Å²) < 4.78 is 0. The molecule has 0 saturated heterocycles. The zero-order chi connectivity index (χ0) is 9.14. The minimum Gasteiger partial charge on any atom is -0.504 e. The molecule has 0 bridgehead atoms. The van der Waals surface area contributed by atoms with Crippen molar-refractivity contribution in [1.29, 1.82) is 0 Å². The quantitative estimate of drug-likeness (QED) is 0.464. The normalized spacial score (nSPS) is 9.42. The van der Waals surface area contributed by atoms with Crippen LogP contribution in [-0.2, 0) is 0 Å². The highest BCUT2D eigenvalue weighted by atomic mass is 16.3. The van der Waals surface area contributed by atoms with Gasteiger partial charge in [-0.1, -0.05) is 6.58 Å². The summed E-state index contributed by atoms with van der Waals surface area (Å²) in [5.74, 6) is -0.243. The summed E-state index contributed by atoms with van der Waals surface area (Å²) >= 11 is 0. The Morgan fingerprint density at radius 2 is 1.92 bits per heavy atom. The molecule has 0 fully saturated rings. The summed E-state index contributed by atoms with van der Waals surface area (Å²) in [7, 11) is 0. The van der Waals surface area contributed by atoms with E-state index in [1.54, 1.807) is 0 Å². The molecule has 1 aromatic rings. The monoisotopic (exact) mass is 165 g/mol. The second-order valence-corrected chi connectivity index (χ2v) is 2.50. The first kappa shape index (κ1) is 8.46. The van der Waals surface area contributed by atoms with Crippen LogP contribution in [0.3, 0.4) is 0 Å². The van der Waals surface area contributed by atoms with Crippen molar-refractivity contribution in [3.05, 3.63) is 30.5 Å². The number of aromatic hydroxyl groups is 2. The summed E-state index contributed by atoms with van der Waals surface area (Å²) in [6.07, 6.45) is 1.51. The number of nitrogens with one attached hydrogen (secondary N) is 1. The average Bonchev–Trinajstić information content (AvgIpc) is 2.01. The fourth-order valence-electron chi connectivity index (χ4n) is 0.947. The standard InChI is InChI=1S/C9H11NO2/c1-3-10-7-5-9(12)8(11)4-6(7)2/h3-5,10-12H,1H2,2H3. The summed E-state index contributed by atoms with van der Waals surface area (Å²) in [6, 6.07) is 2.94. The number of phenolic OH excluding ortho intramolecular Hbond substituents is 2. The van der Waals surface area contributed by atoms with Crippen LogP contribution in [0.25, 0.3) is 0 Å². The maximum Gasteiger partial charge on any atom is 0.159 e. The van der Waals surface area contributed by atoms with Crippen molar-refractivity contribution in [1.82, 2.24) is 0 Å². The third-order valence-electron chi connectivity index (χ3n) is 1.58. The summed E-state index contributed by atoms with van der Waals surface area (Å²) in [5.41, 5.74) is 1.59. The highest BCUT2D eigenvalue weighted by Crippen LogP contribution is 2.30. The molecule has 0 heterocycles. The molecule has 64 valence electrons. The van der Waals surface area contributed by atoms with Crippen LogP contribution in [0.4, 0.5) is 5.69 Å². The molecule has 0 amide bonds. The Balaban J connectivity index is 3.13. The molecule has 0 aliphatic carbocycles. The van der Waals surface area contributed by atoms with Crippen molar-refractivity contribution in [3.8, 4) is 11.5 Å². The van der Waals surface area contributed by atoms with Crippen molar-refractivity contribution < 1.29 is 10.2 Å². The Hall–Kier alpha value is -1.64. The molecule has 0 radical (unpaired) electrons. The Bertz CT molecular complexity index is 308. The lowest BCUT2D eigenvalue weighted by Crippen LogP contribution is -1.89. The second-order valence-electron chi connectivity index (χ2n) is 2.50. The van der Waals surface area contributed by atoms with E-state index in [0.29, 0.717) is 0 Å². The molecule has 12 heavy (non-hydrogen) atoms. The molecule has 0 unspecified atom stereocenters. The summed E-state index contributed by atoms with van der Waals surface area (Å²) in [5, 5.41) is 21.1. The van der Waals surface area contributed by atoms with Gasteiger partial charge in [0.25, 0.3) is 0 Å². The number of rotatable bonds is 2. The van der Waals surface area contributed by atoms with Crippen molar-refractivity contribution >= 4 is 5.69 Å². The van der Waals surface area contributed by atoms with Crippen molar-refractivity contribution in [3.63, 3.8) is 0 Å². The lowest BCUT2D eigenvalue weighted by Gasteiger charge is -2.06. The van der Waals surface area contributed by atoms with E-state index < -0.39 is 0 Å². The van der Waals surface area contributed by atoms with Crippen LogP contribution in [0.2, 0.25) is 0 Å². The van der Waals surface area contributed by atoms with Crippen molar-refractivity contribution in [2.45, 2.75) is 6.92 Å². The van der Waals surface area contributed by atoms with Gasteiger partial charge >= 0.3 is 0 Å². The van der Waals surface area contributed by atoms with Gasteiger partial charge in [-0.25, -0.2) is 0 Å². The fraction of sp³-hybridized carbons (Fsp3) is 0.111. The number of hydrogen-bond donors (Lipinski definition) is 3. The Morgan fingerprint density at radius 3 is 2.50 bits per heavy atom. The van der Waals surface area contributed by atoms with Gasteiger partial charge in [0.15, 0.2) is 11.5 Å². The zero-order valence-electron chi connectivity index (χ0n) is 6.83. The number of hydrogen-bond acceptors (Lipinski definition) is 3. The van der Waals surface area contributed by atoms with Gasteiger partial charge in [-0.3, -0.25) is 0 Å². The number of aryl methyl sites for hydroxylation is 1. The first-order chi connectivity index (χ1) is 5.65. The van der Waals surface area contributed by atoms with E-state index in [2.05, 4.69) is 11.9 Å². The van der Waals surface area contributed by atoms with Gasteiger partial charge < -0.3 is 15.5 Å². The van der Waals surface area contributed by atoms with Crippen LogP contribution in [0.15, 0.2) is 24.9 Å². The van der Waals surface area contributed by atoms with E-state index in [0.717, 1.165) is 11.3 Å². The summed E-state index contributed by atoms with van der Waals surface area (Å²) in [6.45, 7) is 5.32. The molecule has 0 atom stereocenters. The Morgan fingerprint density at radius 1 is 1.33 bits per heavy atom. The van der Waals surface area contributed by atoms with E-state index in [1.165, 1.54) is 18.3 Å². The molecule has 1 rings (SSSR count). The van der Waals surface area contributed by atoms with Gasteiger partial charge in [-0.2, -0.15) is 0 Å². The molecule has 0 aromatic heterocycles. The second kappa shape index (κ2) is 3.17. The maximum atomic E-state index is 9.13. The topological polar surface area (TPSA) is 52.5 Å². The largest absolute Gasteiger partial charge is 0.504 e. The van der Waals surface area contributed by atoms with Crippen LogP contribution in [-0.4, -0.2) is 10.2 Å². The maximum absolute atomic E-state index is 9.13. The SMILES string of the molecule is C=CNc1cc(O)c(O)cc1C. The zero-order valence-corrected chi connectivity index (χ0v) is 6.83. The third kappa shape index (κ3) is 1.50. The van der Waals surface area contributed by atoms with E-state index in [-0.39, 0.29) is 11.5 Å².